The Labute approximate surface area is 647 Å². The molecule has 0 atom stereocenters. The Hall–Kier alpha value is -12.2. The second-order valence-electron chi connectivity index (χ2n) is 31.7. The van der Waals surface area contributed by atoms with E-state index in [9.17, 15) is 5.48 Å². The van der Waals surface area contributed by atoms with E-state index in [1.54, 1.807) is 11.3 Å². The molecular weight excluding hydrogens is 1330 g/mol. The van der Waals surface area contributed by atoms with E-state index in [0.717, 1.165) is 149 Å². The van der Waals surface area contributed by atoms with Gasteiger partial charge in [0.05, 0.1) is 18.2 Å². The lowest BCUT2D eigenvalue weighted by Crippen LogP contribution is -2.59. The average molecular weight is 1420 g/mol. The summed E-state index contributed by atoms with van der Waals surface area (Å²) in [5, 5.41) is 2.22. The molecule has 0 aliphatic carbocycles. The smallest absolute Gasteiger partial charge is 0.258 e. The third-order valence-corrected chi connectivity index (χ3v) is 22.8. The van der Waals surface area contributed by atoms with Crippen LogP contribution in [0.1, 0.15) is 85.9 Å². The van der Waals surface area contributed by atoms with Gasteiger partial charge in [0.2, 0.25) is 0 Å². The van der Waals surface area contributed by atoms with Gasteiger partial charge in [-0.05, 0) is 214 Å². The first-order chi connectivity index (χ1) is 54.5. The summed E-state index contributed by atoms with van der Waals surface area (Å²) >= 11 is 1.79. The second kappa shape index (κ2) is 27.0. The van der Waals surface area contributed by atoms with Gasteiger partial charge in [0.1, 0.15) is 11.5 Å². The third-order valence-electron chi connectivity index (χ3n) is 21.6. The molecular formula is C102H84BN3OS. The van der Waals surface area contributed by atoms with E-state index in [2.05, 4.69) is 375 Å². The van der Waals surface area contributed by atoms with Crippen LogP contribution in [0, 0.1) is 0 Å². The first-order valence-electron chi connectivity index (χ1n) is 39.9. The van der Waals surface area contributed by atoms with Crippen LogP contribution >= 0.6 is 11.3 Å². The monoisotopic (exact) mass is 1410 g/mol. The van der Waals surface area contributed by atoms with Gasteiger partial charge in [-0.1, -0.05) is 293 Å². The van der Waals surface area contributed by atoms with Crippen molar-refractivity contribution < 1.29 is 11.6 Å². The van der Waals surface area contributed by atoms with Crippen LogP contribution in [-0.2, 0) is 16.2 Å². The number of anilines is 9. The topological polar surface area (TPSA) is 19.0 Å². The molecule has 1 aromatic heterocycles. The largest absolute Gasteiger partial charge is 0.458 e. The Kier molecular flexibility index (Phi) is 15.5. The minimum absolute atomic E-state index is 0.0306. The van der Waals surface area contributed by atoms with Crippen LogP contribution < -0.4 is 35.8 Å². The molecule has 0 fully saturated rings. The quantitative estimate of drug-likeness (QED) is 0.107. The lowest BCUT2D eigenvalue weighted by Gasteiger charge is -2.43. The first-order valence-corrected chi connectivity index (χ1v) is 38.2. The van der Waals surface area contributed by atoms with E-state index in [-0.39, 0.29) is 34.0 Å². The van der Waals surface area contributed by atoms with Crippen molar-refractivity contribution >= 4 is 106 Å². The molecule has 6 heteroatoms. The highest BCUT2D eigenvalue weighted by Crippen LogP contribution is 2.55. The van der Waals surface area contributed by atoms with Crippen LogP contribution in [0.3, 0.4) is 0 Å². The lowest BCUT2D eigenvalue weighted by molar-refractivity contribution is 0.488. The molecule has 16 aromatic rings. The predicted octanol–water partition coefficient (Wildman–Crippen LogP) is 27.3. The predicted molar refractivity (Wildman–Crippen MR) is 463 cm³/mol. The maximum Gasteiger partial charge on any atom is 0.258 e. The van der Waals surface area contributed by atoms with Gasteiger partial charge in [0, 0.05) is 77.2 Å². The number of fused-ring (bicyclic) bond motifs is 8. The minimum Gasteiger partial charge on any atom is -0.458 e. The highest BCUT2D eigenvalue weighted by Gasteiger charge is 2.46. The SMILES string of the molecule is [2H]c1c([2H])c([2H])c(N(c2ccc(C(C)(C)C)cc2)c2ccc3c(c2)N(c2c(-c4ccccc4)cc(-c4ccccc4)cc2-c2ccccc2)c2cc(-c4cc(-c5ccccc5)cc(-c5ccccc5)c4)cc4c2B3c2c(cc(N(c3ccc(C(C)(C)C)cc3)c3ccc(C(C)(C)C)cc3)c3c2sc2ccccc23)O4)c([2H])c1[2H]. The van der Waals surface area contributed by atoms with E-state index in [4.69, 9.17) is 6.11 Å². The number of hydrogen-bond donors (Lipinski definition) is 0. The lowest BCUT2D eigenvalue weighted by atomic mass is 9.34. The zero-order chi connectivity index (χ0) is 77.9. The van der Waals surface area contributed by atoms with E-state index in [1.807, 2.05) is 17.0 Å². The van der Waals surface area contributed by atoms with Gasteiger partial charge in [-0.2, -0.15) is 0 Å². The van der Waals surface area contributed by atoms with E-state index < -0.39 is 24.8 Å². The molecule has 4 nitrogen and oxygen atoms in total. The highest BCUT2D eigenvalue weighted by molar-refractivity contribution is 7.28. The van der Waals surface area contributed by atoms with Crippen LogP contribution in [0.5, 0.6) is 11.5 Å². The molecule has 0 saturated heterocycles. The van der Waals surface area contributed by atoms with Crippen molar-refractivity contribution in [2.24, 2.45) is 0 Å². The zero-order valence-corrected chi connectivity index (χ0v) is 63.1. The molecule has 18 rings (SSSR count). The molecule has 0 bridgehead atoms. The fourth-order valence-electron chi connectivity index (χ4n) is 16.1. The second-order valence-corrected chi connectivity index (χ2v) is 32.8. The molecule has 15 aromatic carbocycles. The Morgan fingerprint density at radius 3 is 1.23 bits per heavy atom. The molecule has 0 radical (unpaired) electrons. The zero-order valence-electron chi connectivity index (χ0n) is 67.3. The van der Waals surface area contributed by atoms with Crippen molar-refractivity contribution in [1.82, 2.24) is 0 Å². The Balaban J connectivity index is 1.01. The number of ether oxygens (including phenoxy) is 1. The number of para-hydroxylation sites is 1. The van der Waals surface area contributed by atoms with Gasteiger partial charge >= 0.3 is 0 Å². The number of nitrogens with zero attached hydrogens (tertiary/aromatic N) is 3. The summed E-state index contributed by atoms with van der Waals surface area (Å²) in [6, 6.07) is 112. The van der Waals surface area contributed by atoms with E-state index in [1.165, 1.54) is 11.1 Å². The fourth-order valence-corrected chi connectivity index (χ4v) is 17.4. The van der Waals surface area contributed by atoms with Gasteiger partial charge < -0.3 is 19.4 Å². The number of hydrogen-bond acceptors (Lipinski definition) is 5. The van der Waals surface area contributed by atoms with Crippen molar-refractivity contribution in [1.29, 1.82) is 0 Å². The number of rotatable bonds is 13. The van der Waals surface area contributed by atoms with Crippen molar-refractivity contribution in [3.05, 3.63) is 362 Å². The summed E-state index contributed by atoms with van der Waals surface area (Å²) in [5.74, 6) is 1.42. The molecule has 0 amide bonds. The normalized spacial score (nSPS) is 13.2. The molecule has 2 aliphatic heterocycles. The third kappa shape index (κ3) is 12.3. The Morgan fingerprint density at radius 2 is 0.750 bits per heavy atom. The van der Waals surface area contributed by atoms with Gasteiger partial charge in [-0.3, -0.25) is 0 Å². The summed E-state index contributed by atoms with van der Waals surface area (Å²) in [6.45, 7) is 19.6. The molecule has 3 heterocycles. The van der Waals surface area contributed by atoms with Crippen LogP contribution in [-0.4, -0.2) is 6.71 Å². The molecule has 0 saturated carbocycles. The molecule has 0 N–H and O–H groups in total. The first kappa shape index (κ1) is 62.0. The highest BCUT2D eigenvalue weighted by atomic mass is 32.1. The van der Waals surface area contributed by atoms with E-state index >= 15 is 0 Å². The summed E-state index contributed by atoms with van der Waals surface area (Å²) < 4.78 is 57.9. The summed E-state index contributed by atoms with van der Waals surface area (Å²) in [7, 11) is 0. The molecule has 108 heavy (non-hydrogen) atoms. The summed E-state index contributed by atoms with van der Waals surface area (Å²) in [6.07, 6.45) is 0. The van der Waals surface area contributed by atoms with Gasteiger partial charge in [0.15, 0.2) is 0 Å². The summed E-state index contributed by atoms with van der Waals surface area (Å²) in [4.78, 5) is 6.79. The van der Waals surface area contributed by atoms with Crippen molar-refractivity contribution in [2.75, 3.05) is 14.7 Å². The minimum atomic E-state index is -0.506. The summed E-state index contributed by atoms with van der Waals surface area (Å²) in [5.41, 5.74) is 25.2. The molecule has 522 valence electrons. The van der Waals surface area contributed by atoms with E-state index in [0.29, 0.717) is 17.1 Å². The maximum atomic E-state index is 9.93. The van der Waals surface area contributed by atoms with Crippen molar-refractivity contribution in [2.45, 2.75) is 78.6 Å². The number of thiophene rings is 1. The standard InChI is InChI=1S/C102H84BN3OS/c1-100(2,3)77-44-50-81(51-45-77)104(80-40-26-15-27-41-80)84-56-57-88-89(65-84)106(98-86(70-36-22-13-23-37-70)61-75(69-34-20-12-21-35-69)62-87(98)71-38-24-14-25-39-71)91-63-76(74-59-72(67-30-16-10-17-31-67)58-73(60-74)68-32-18-11-19-33-68)64-92-96(91)103(88)97-93(107-92)66-90(95-85-42-28-29-43-94(85)108-99(95)97)105(82-52-46-78(47-53-82)101(4,5)6)83-54-48-79(49-55-83)102(7,8)9/h10-66H,1-9H3/i15D,26D,27D,40D,41D. The fraction of sp³-hybridized carbons (Fsp3) is 0.118. The molecule has 0 spiro atoms. The Bertz CT molecular complexity index is 6170. The van der Waals surface area contributed by atoms with Crippen LogP contribution in [0.2, 0.25) is 0 Å². The van der Waals surface area contributed by atoms with Gasteiger partial charge in [0.25, 0.3) is 6.71 Å². The van der Waals surface area contributed by atoms with Crippen molar-refractivity contribution in [3.8, 4) is 78.3 Å². The van der Waals surface area contributed by atoms with Crippen LogP contribution in [0.15, 0.2) is 346 Å². The van der Waals surface area contributed by atoms with Crippen molar-refractivity contribution in [3.63, 3.8) is 0 Å². The average Bonchev–Trinajstić information content (AvgIpc) is 1.68. The molecule has 0 unspecified atom stereocenters. The van der Waals surface area contributed by atoms with Gasteiger partial charge in [-0.25, -0.2) is 0 Å². The Morgan fingerprint density at radius 1 is 0.343 bits per heavy atom. The molecule has 2 aliphatic rings. The van der Waals surface area contributed by atoms with Gasteiger partial charge in [-0.15, -0.1) is 11.3 Å². The van der Waals surface area contributed by atoms with Crippen LogP contribution in [0.25, 0.3) is 86.9 Å². The number of benzene rings is 15. The maximum absolute atomic E-state index is 9.93. The van der Waals surface area contributed by atoms with Crippen LogP contribution in [0.4, 0.5) is 51.2 Å².